The molecule has 1 aromatic heterocycles. The zero-order chi connectivity index (χ0) is 14.8. The number of carbonyl (C=O) groups is 2. The van der Waals surface area contributed by atoms with Gasteiger partial charge in [-0.25, -0.2) is 4.98 Å². The maximum atomic E-state index is 12.0. The summed E-state index contributed by atoms with van der Waals surface area (Å²) in [4.78, 5) is 27.9. The summed E-state index contributed by atoms with van der Waals surface area (Å²) in [5.41, 5.74) is 0. The number of hydrogen-bond donors (Lipinski definition) is 2. The normalized spacial score (nSPS) is 21.4. The first-order valence-electron chi connectivity index (χ1n) is 6.45. The van der Waals surface area contributed by atoms with Gasteiger partial charge in [0.05, 0.1) is 4.75 Å². The number of nitrogens with zero attached hydrogens (tertiary/aromatic N) is 3. The average molecular weight is 297 g/mol. The third-order valence-corrected chi connectivity index (χ3v) is 4.64. The molecular weight excluding hydrogens is 278 g/mol. The molecule has 1 saturated heterocycles. The third kappa shape index (κ3) is 3.30. The van der Waals surface area contributed by atoms with Gasteiger partial charge in [0.2, 0.25) is 11.8 Å². The van der Waals surface area contributed by atoms with E-state index >= 15 is 0 Å². The number of nitrogens with one attached hydrogen (secondary N) is 2. The Hall–Kier alpha value is -1.57. The summed E-state index contributed by atoms with van der Waals surface area (Å²) < 4.78 is 1.21. The van der Waals surface area contributed by atoms with Gasteiger partial charge in [-0.15, -0.1) is 11.8 Å². The number of thioether (sulfide) groups is 1. The van der Waals surface area contributed by atoms with E-state index in [9.17, 15) is 9.59 Å². The smallest absolute Gasteiger partial charge is 0.243 e. The number of aryl methyl sites for hydroxylation is 1. The molecule has 20 heavy (non-hydrogen) atoms. The van der Waals surface area contributed by atoms with Crippen LogP contribution in [-0.4, -0.2) is 49.7 Å². The predicted octanol–water partition coefficient (Wildman–Crippen LogP) is -0.516. The summed E-state index contributed by atoms with van der Waals surface area (Å²) in [7, 11) is 1.81. The maximum Gasteiger partial charge on any atom is 0.243 e. The van der Waals surface area contributed by atoms with Crippen LogP contribution in [0.25, 0.3) is 0 Å². The first-order valence-corrected chi connectivity index (χ1v) is 7.44. The van der Waals surface area contributed by atoms with Crippen LogP contribution < -0.4 is 10.6 Å². The van der Waals surface area contributed by atoms with Crippen LogP contribution in [0, 0.1) is 0 Å². The van der Waals surface area contributed by atoms with Gasteiger partial charge in [0, 0.05) is 25.8 Å². The van der Waals surface area contributed by atoms with E-state index in [-0.39, 0.29) is 11.8 Å². The van der Waals surface area contributed by atoms with Crippen LogP contribution in [-0.2, 0) is 23.1 Å². The second-order valence-electron chi connectivity index (χ2n) is 5.19. The van der Waals surface area contributed by atoms with Gasteiger partial charge in [-0.05, 0) is 13.8 Å². The van der Waals surface area contributed by atoms with Crippen molar-refractivity contribution < 1.29 is 9.59 Å². The average Bonchev–Trinajstić information content (AvgIpc) is 2.78. The largest absolute Gasteiger partial charge is 0.354 e. The SMILES string of the molecule is Cn1ncnc1CCNC(=O)[C@H]1CSC(C)(C)C(=O)N1. The molecule has 1 fully saturated rings. The second-order valence-corrected chi connectivity index (χ2v) is 6.83. The summed E-state index contributed by atoms with van der Waals surface area (Å²) in [6.45, 7) is 4.19. The van der Waals surface area contributed by atoms with Gasteiger partial charge in [0.1, 0.15) is 18.2 Å². The van der Waals surface area contributed by atoms with E-state index in [1.807, 2.05) is 20.9 Å². The molecule has 1 aliphatic heterocycles. The molecule has 2 N–H and O–H groups in total. The van der Waals surface area contributed by atoms with E-state index < -0.39 is 10.8 Å². The van der Waals surface area contributed by atoms with Crippen molar-refractivity contribution in [2.24, 2.45) is 7.05 Å². The molecule has 0 unspecified atom stereocenters. The first-order chi connectivity index (χ1) is 9.40. The van der Waals surface area contributed by atoms with Crippen LogP contribution >= 0.6 is 11.8 Å². The molecule has 0 spiro atoms. The van der Waals surface area contributed by atoms with Crippen molar-refractivity contribution >= 4 is 23.6 Å². The van der Waals surface area contributed by atoms with Crippen LogP contribution in [0.2, 0.25) is 0 Å². The van der Waals surface area contributed by atoms with E-state index in [0.29, 0.717) is 18.7 Å². The Kier molecular flexibility index (Phi) is 4.32. The minimum absolute atomic E-state index is 0.0952. The standard InChI is InChI=1S/C12H19N5O2S/c1-12(2)11(19)16-8(6-20-12)10(18)13-5-4-9-14-7-15-17(9)3/h7-8H,4-6H2,1-3H3,(H,13,18)(H,16,19)/t8-/m1/s1. The number of carbonyl (C=O) groups excluding carboxylic acids is 2. The number of rotatable bonds is 4. The van der Waals surface area contributed by atoms with Crippen molar-refractivity contribution in [3.8, 4) is 0 Å². The highest BCUT2D eigenvalue weighted by Gasteiger charge is 2.37. The molecule has 7 nitrogen and oxygen atoms in total. The molecule has 110 valence electrons. The summed E-state index contributed by atoms with van der Waals surface area (Å²) in [5, 5.41) is 9.54. The van der Waals surface area contributed by atoms with Crippen LogP contribution in [0.3, 0.4) is 0 Å². The highest BCUT2D eigenvalue weighted by Crippen LogP contribution is 2.28. The van der Waals surface area contributed by atoms with Gasteiger partial charge < -0.3 is 10.6 Å². The summed E-state index contributed by atoms with van der Waals surface area (Å²) in [6, 6.07) is -0.458. The second kappa shape index (κ2) is 5.82. The van der Waals surface area contributed by atoms with Gasteiger partial charge in [-0.2, -0.15) is 5.10 Å². The highest BCUT2D eigenvalue weighted by atomic mass is 32.2. The van der Waals surface area contributed by atoms with Crippen molar-refractivity contribution in [3.63, 3.8) is 0 Å². The van der Waals surface area contributed by atoms with Crippen molar-refractivity contribution in [2.75, 3.05) is 12.3 Å². The minimum atomic E-state index is -0.463. The van der Waals surface area contributed by atoms with Gasteiger partial charge >= 0.3 is 0 Å². The zero-order valence-corrected chi connectivity index (χ0v) is 12.7. The van der Waals surface area contributed by atoms with Crippen LogP contribution in [0.1, 0.15) is 19.7 Å². The lowest BCUT2D eigenvalue weighted by Gasteiger charge is -2.32. The van der Waals surface area contributed by atoms with Gasteiger partial charge in [0.25, 0.3) is 0 Å². The fraction of sp³-hybridized carbons (Fsp3) is 0.667. The molecule has 0 saturated carbocycles. The lowest BCUT2D eigenvalue weighted by atomic mass is 10.1. The molecule has 0 radical (unpaired) electrons. The van der Waals surface area contributed by atoms with Crippen molar-refractivity contribution in [3.05, 3.63) is 12.2 Å². The fourth-order valence-electron chi connectivity index (χ4n) is 1.84. The summed E-state index contributed by atoms with van der Waals surface area (Å²) >= 11 is 1.50. The van der Waals surface area contributed by atoms with Crippen LogP contribution in [0.15, 0.2) is 6.33 Å². The molecule has 2 heterocycles. The monoisotopic (exact) mass is 297 g/mol. The summed E-state index contributed by atoms with van der Waals surface area (Å²) in [6.07, 6.45) is 2.10. The van der Waals surface area contributed by atoms with Crippen molar-refractivity contribution in [2.45, 2.75) is 31.1 Å². The van der Waals surface area contributed by atoms with E-state index in [4.69, 9.17) is 0 Å². The van der Waals surface area contributed by atoms with E-state index in [2.05, 4.69) is 20.7 Å². The minimum Gasteiger partial charge on any atom is -0.354 e. The zero-order valence-electron chi connectivity index (χ0n) is 11.8. The summed E-state index contributed by atoms with van der Waals surface area (Å²) in [5.74, 6) is 1.16. The lowest BCUT2D eigenvalue weighted by molar-refractivity contribution is -0.129. The molecule has 2 amide bonds. The number of aromatic nitrogens is 3. The van der Waals surface area contributed by atoms with E-state index in [1.54, 1.807) is 4.68 Å². The first kappa shape index (κ1) is 14.8. The lowest BCUT2D eigenvalue weighted by Crippen LogP contribution is -2.57. The van der Waals surface area contributed by atoms with Crippen LogP contribution in [0.4, 0.5) is 0 Å². The molecule has 0 aliphatic carbocycles. The molecule has 1 atom stereocenters. The quantitative estimate of drug-likeness (QED) is 0.781. The Bertz CT molecular complexity index is 514. The Morgan fingerprint density at radius 3 is 3.00 bits per heavy atom. The molecular formula is C12H19N5O2S. The molecule has 8 heteroatoms. The van der Waals surface area contributed by atoms with Crippen molar-refractivity contribution in [1.29, 1.82) is 0 Å². The van der Waals surface area contributed by atoms with Crippen LogP contribution in [0.5, 0.6) is 0 Å². The maximum absolute atomic E-state index is 12.0. The van der Waals surface area contributed by atoms with Gasteiger partial charge in [-0.1, -0.05) is 0 Å². The molecule has 1 aromatic rings. The topological polar surface area (TPSA) is 88.9 Å². The molecule has 0 bridgehead atoms. The molecule has 2 rings (SSSR count). The third-order valence-electron chi connectivity index (χ3n) is 3.23. The molecule has 1 aliphatic rings. The Morgan fingerprint density at radius 1 is 1.65 bits per heavy atom. The van der Waals surface area contributed by atoms with Gasteiger partial charge in [-0.3, -0.25) is 14.3 Å². The Labute approximate surface area is 121 Å². The highest BCUT2D eigenvalue weighted by molar-refractivity contribution is 8.01. The Balaban J connectivity index is 1.78. The fourth-order valence-corrected chi connectivity index (χ4v) is 2.85. The van der Waals surface area contributed by atoms with Crippen molar-refractivity contribution in [1.82, 2.24) is 25.4 Å². The van der Waals surface area contributed by atoms with E-state index in [0.717, 1.165) is 5.82 Å². The Morgan fingerprint density at radius 2 is 2.40 bits per heavy atom. The predicted molar refractivity (Wildman–Crippen MR) is 76.2 cm³/mol. The van der Waals surface area contributed by atoms with Gasteiger partial charge in [0.15, 0.2) is 0 Å². The van der Waals surface area contributed by atoms with E-state index in [1.165, 1.54) is 18.1 Å². The number of hydrogen-bond acceptors (Lipinski definition) is 5. The number of amides is 2. The molecule has 0 aromatic carbocycles.